The number of nitrogens with zero attached hydrogens (tertiary/aromatic N) is 1. The Hall–Kier alpha value is -1.55. The largest absolute Gasteiger partial charge is 0.445 e. The second-order valence-corrected chi connectivity index (χ2v) is 6.43. The Labute approximate surface area is 132 Å². The van der Waals surface area contributed by atoms with E-state index < -0.39 is 0 Å². The molecule has 0 spiro atoms. The van der Waals surface area contributed by atoms with Crippen LogP contribution in [0.3, 0.4) is 0 Å². The highest BCUT2D eigenvalue weighted by Crippen LogP contribution is 2.31. The first-order chi connectivity index (χ1) is 10.7. The molecule has 2 unspecified atom stereocenters. The van der Waals surface area contributed by atoms with Crippen LogP contribution < -0.4 is 0 Å². The van der Waals surface area contributed by atoms with E-state index in [4.69, 9.17) is 9.47 Å². The lowest BCUT2D eigenvalue weighted by Crippen LogP contribution is -2.42. The van der Waals surface area contributed by atoms with Crippen LogP contribution in [0.25, 0.3) is 0 Å². The molecule has 2 aliphatic carbocycles. The molecule has 2 aliphatic rings. The van der Waals surface area contributed by atoms with Gasteiger partial charge in [0.05, 0.1) is 12.2 Å². The van der Waals surface area contributed by atoms with Crippen molar-refractivity contribution >= 4 is 6.09 Å². The van der Waals surface area contributed by atoms with E-state index in [1.165, 1.54) is 12.8 Å². The minimum Gasteiger partial charge on any atom is -0.445 e. The maximum Gasteiger partial charge on any atom is 0.410 e. The predicted octanol–water partition coefficient (Wildman–Crippen LogP) is 3.75. The molecular weight excluding hydrogens is 278 g/mol. The zero-order valence-corrected chi connectivity index (χ0v) is 13.2. The monoisotopic (exact) mass is 303 g/mol. The summed E-state index contributed by atoms with van der Waals surface area (Å²) >= 11 is 0. The number of carbonyl (C=O) groups excluding carboxylic acids is 1. The molecule has 0 bridgehead atoms. The predicted molar refractivity (Wildman–Crippen MR) is 84.5 cm³/mol. The van der Waals surface area contributed by atoms with Crippen LogP contribution in [0.1, 0.15) is 44.1 Å². The highest BCUT2D eigenvalue weighted by molar-refractivity contribution is 5.67. The summed E-state index contributed by atoms with van der Waals surface area (Å²) in [5.74, 6) is 0. The quantitative estimate of drug-likeness (QED) is 0.831. The van der Waals surface area contributed by atoms with E-state index in [0.717, 1.165) is 31.2 Å². The van der Waals surface area contributed by atoms with Gasteiger partial charge in [-0.15, -0.1) is 0 Å². The molecule has 22 heavy (non-hydrogen) atoms. The van der Waals surface area contributed by atoms with Crippen molar-refractivity contribution in [2.75, 3.05) is 7.05 Å². The van der Waals surface area contributed by atoms with Crippen LogP contribution in [0.15, 0.2) is 30.3 Å². The van der Waals surface area contributed by atoms with E-state index in [2.05, 4.69) is 0 Å². The van der Waals surface area contributed by atoms with Gasteiger partial charge >= 0.3 is 6.09 Å². The summed E-state index contributed by atoms with van der Waals surface area (Å²) in [5.41, 5.74) is 1.02. The summed E-state index contributed by atoms with van der Waals surface area (Å²) in [7, 11) is 1.84. The van der Waals surface area contributed by atoms with E-state index in [9.17, 15) is 4.79 Å². The molecule has 1 aromatic carbocycles. The molecular formula is C18H25NO3. The molecule has 0 aromatic heterocycles. The topological polar surface area (TPSA) is 38.8 Å². The van der Waals surface area contributed by atoms with Gasteiger partial charge in [-0.05, 0) is 44.1 Å². The van der Waals surface area contributed by atoms with Gasteiger partial charge in [-0.3, -0.25) is 0 Å². The summed E-state index contributed by atoms with van der Waals surface area (Å²) in [5, 5.41) is 0. The van der Waals surface area contributed by atoms with E-state index in [0.29, 0.717) is 18.8 Å². The summed E-state index contributed by atoms with van der Waals surface area (Å²) in [6.45, 7) is 0.332. The molecule has 0 radical (unpaired) electrons. The van der Waals surface area contributed by atoms with Gasteiger partial charge in [-0.1, -0.05) is 30.3 Å². The van der Waals surface area contributed by atoms with Crippen LogP contribution in [-0.4, -0.2) is 36.3 Å². The lowest BCUT2D eigenvalue weighted by atomic mass is 9.92. The Bertz CT molecular complexity index is 486. The average Bonchev–Trinajstić information content (AvgIpc) is 3.37. The molecule has 2 saturated carbocycles. The summed E-state index contributed by atoms with van der Waals surface area (Å²) in [6.07, 6.45) is 7.20. The van der Waals surface area contributed by atoms with Crippen molar-refractivity contribution in [3.8, 4) is 0 Å². The molecule has 2 fully saturated rings. The first-order valence-electron chi connectivity index (χ1n) is 8.31. The average molecular weight is 303 g/mol. The van der Waals surface area contributed by atoms with Crippen molar-refractivity contribution in [3.05, 3.63) is 35.9 Å². The number of ether oxygens (including phenoxy) is 2. The maximum atomic E-state index is 12.2. The molecule has 2 atom stereocenters. The van der Waals surface area contributed by atoms with E-state index in [-0.39, 0.29) is 12.1 Å². The molecule has 1 aromatic rings. The molecule has 0 saturated heterocycles. The van der Waals surface area contributed by atoms with Gasteiger partial charge in [0.2, 0.25) is 0 Å². The SMILES string of the molecule is CN(C(=O)OCc1ccccc1)C1CCCC(OC2CC2)C1. The highest BCUT2D eigenvalue weighted by atomic mass is 16.6. The van der Waals surface area contributed by atoms with Gasteiger partial charge < -0.3 is 14.4 Å². The number of benzene rings is 1. The fraction of sp³-hybridized carbons (Fsp3) is 0.611. The van der Waals surface area contributed by atoms with Crippen molar-refractivity contribution in [2.24, 2.45) is 0 Å². The van der Waals surface area contributed by atoms with Crippen molar-refractivity contribution in [1.29, 1.82) is 0 Å². The van der Waals surface area contributed by atoms with Crippen LogP contribution in [0.4, 0.5) is 4.79 Å². The maximum absolute atomic E-state index is 12.2. The summed E-state index contributed by atoms with van der Waals surface area (Å²) < 4.78 is 11.4. The Kier molecular flexibility index (Phi) is 4.98. The van der Waals surface area contributed by atoms with E-state index >= 15 is 0 Å². The van der Waals surface area contributed by atoms with Crippen LogP contribution in [0, 0.1) is 0 Å². The lowest BCUT2D eigenvalue weighted by molar-refractivity contribution is -0.00788. The molecule has 0 heterocycles. The molecule has 1 amide bonds. The Morgan fingerprint density at radius 3 is 2.64 bits per heavy atom. The fourth-order valence-electron chi connectivity index (χ4n) is 3.04. The van der Waals surface area contributed by atoms with Crippen LogP contribution >= 0.6 is 0 Å². The van der Waals surface area contributed by atoms with E-state index in [1.54, 1.807) is 4.90 Å². The minimum absolute atomic E-state index is 0.235. The van der Waals surface area contributed by atoms with Gasteiger partial charge in [0, 0.05) is 13.1 Å². The van der Waals surface area contributed by atoms with Gasteiger partial charge in [-0.2, -0.15) is 0 Å². The van der Waals surface area contributed by atoms with Crippen LogP contribution in [0.5, 0.6) is 0 Å². The number of carbonyl (C=O) groups is 1. The number of hydrogen-bond acceptors (Lipinski definition) is 3. The normalized spacial score (nSPS) is 24.8. The van der Waals surface area contributed by atoms with Gasteiger partial charge in [0.15, 0.2) is 0 Å². The summed E-state index contributed by atoms with van der Waals surface area (Å²) in [6, 6.07) is 10.0. The number of rotatable bonds is 5. The van der Waals surface area contributed by atoms with Crippen molar-refractivity contribution in [3.63, 3.8) is 0 Å². The Morgan fingerprint density at radius 1 is 1.14 bits per heavy atom. The van der Waals surface area contributed by atoms with Crippen molar-refractivity contribution in [2.45, 2.75) is 63.4 Å². The second kappa shape index (κ2) is 7.14. The lowest BCUT2D eigenvalue weighted by Gasteiger charge is -2.34. The van der Waals surface area contributed by atoms with Crippen LogP contribution in [0.2, 0.25) is 0 Å². The Balaban J connectivity index is 1.46. The Morgan fingerprint density at radius 2 is 1.91 bits per heavy atom. The van der Waals surface area contributed by atoms with E-state index in [1.807, 2.05) is 37.4 Å². The zero-order chi connectivity index (χ0) is 15.4. The minimum atomic E-state index is -0.235. The van der Waals surface area contributed by atoms with Gasteiger partial charge in [0.1, 0.15) is 6.61 Å². The zero-order valence-electron chi connectivity index (χ0n) is 13.2. The molecule has 0 N–H and O–H groups in total. The second-order valence-electron chi connectivity index (χ2n) is 6.43. The third-order valence-electron chi connectivity index (χ3n) is 4.55. The molecule has 0 aliphatic heterocycles. The highest BCUT2D eigenvalue weighted by Gasteiger charge is 2.32. The summed E-state index contributed by atoms with van der Waals surface area (Å²) in [4.78, 5) is 14.0. The molecule has 3 rings (SSSR count). The third kappa shape index (κ3) is 4.23. The van der Waals surface area contributed by atoms with Gasteiger partial charge in [0.25, 0.3) is 0 Å². The van der Waals surface area contributed by atoms with Gasteiger partial charge in [-0.25, -0.2) is 4.79 Å². The number of amides is 1. The molecule has 120 valence electrons. The van der Waals surface area contributed by atoms with Crippen LogP contribution in [-0.2, 0) is 16.1 Å². The third-order valence-corrected chi connectivity index (χ3v) is 4.55. The fourth-order valence-corrected chi connectivity index (χ4v) is 3.04. The smallest absolute Gasteiger partial charge is 0.410 e. The molecule has 4 heteroatoms. The number of hydrogen-bond donors (Lipinski definition) is 0. The van der Waals surface area contributed by atoms with Crippen molar-refractivity contribution < 1.29 is 14.3 Å². The standard InChI is InChI=1S/C18H25NO3/c1-19(18(20)21-13-14-6-3-2-4-7-14)15-8-5-9-17(12-15)22-16-10-11-16/h2-4,6-7,15-17H,5,8-13H2,1H3. The first kappa shape index (κ1) is 15.3. The first-order valence-corrected chi connectivity index (χ1v) is 8.31. The van der Waals surface area contributed by atoms with Crippen molar-refractivity contribution in [1.82, 2.24) is 4.90 Å². The molecule has 4 nitrogen and oxygen atoms in total.